The summed E-state index contributed by atoms with van der Waals surface area (Å²) < 4.78 is 0. The van der Waals surface area contributed by atoms with Gasteiger partial charge >= 0.3 is 0 Å². The third-order valence-electron chi connectivity index (χ3n) is 3.08. The zero-order chi connectivity index (χ0) is 16.3. The van der Waals surface area contributed by atoms with Crippen molar-refractivity contribution in [2.24, 2.45) is 0 Å². The summed E-state index contributed by atoms with van der Waals surface area (Å²) in [4.78, 5) is 33.7. The molecule has 0 aliphatic carbocycles. The predicted octanol–water partition coefficient (Wildman–Crippen LogP) is 2.78. The summed E-state index contributed by atoms with van der Waals surface area (Å²) in [5.74, 6) is -0.372. The molecule has 0 fully saturated rings. The number of hydrogen-bond donors (Lipinski definition) is 0. The van der Waals surface area contributed by atoms with E-state index in [9.17, 15) is 25.0 Å². The molecule has 0 bridgehead atoms. The van der Waals surface area contributed by atoms with Crippen molar-refractivity contribution in [3.63, 3.8) is 0 Å². The van der Waals surface area contributed by atoms with E-state index in [-0.39, 0.29) is 22.8 Å². The van der Waals surface area contributed by atoms with Crippen LogP contribution in [0.5, 0.6) is 0 Å². The van der Waals surface area contributed by atoms with Crippen LogP contribution < -0.4 is 4.90 Å². The number of nitro groups is 2. The van der Waals surface area contributed by atoms with Crippen molar-refractivity contribution in [2.45, 2.75) is 0 Å². The van der Waals surface area contributed by atoms with Crippen LogP contribution in [0.15, 0.2) is 48.5 Å². The highest BCUT2D eigenvalue weighted by Gasteiger charge is 2.16. The summed E-state index contributed by atoms with van der Waals surface area (Å²) in [5, 5.41) is 21.2. The highest BCUT2D eigenvalue weighted by atomic mass is 16.6. The molecule has 0 aliphatic rings. The predicted molar refractivity (Wildman–Crippen MR) is 78.9 cm³/mol. The highest BCUT2D eigenvalue weighted by Crippen LogP contribution is 2.21. The normalized spacial score (nSPS) is 10.0. The first-order chi connectivity index (χ1) is 10.4. The van der Waals surface area contributed by atoms with Gasteiger partial charge in [0.05, 0.1) is 9.85 Å². The second-order valence-electron chi connectivity index (χ2n) is 4.44. The molecule has 112 valence electrons. The van der Waals surface area contributed by atoms with E-state index >= 15 is 0 Å². The minimum Gasteiger partial charge on any atom is -0.311 e. The molecular weight excluding hydrogens is 290 g/mol. The average Bonchev–Trinajstić information content (AvgIpc) is 2.53. The Morgan fingerprint density at radius 3 is 1.68 bits per heavy atom. The Hall–Kier alpha value is -3.29. The largest absolute Gasteiger partial charge is 0.311 e. The van der Waals surface area contributed by atoms with Crippen molar-refractivity contribution in [1.29, 1.82) is 0 Å². The quantitative estimate of drug-likeness (QED) is 0.637. The average molecular weight is 301 g/mol. The number of nitro benzene ring substituents is 2. The van der Waals surface area contributed by atoms with Gasteiger partial charge in [-0.15, -0.1) is 0 Å². The van der Waals surface area contributed by atoms with Crippen molar-refractivity contribution in [2.75, 3.05) is 11.9 Å². The van der Waals surface area contributed by atoms with Gasteiger partial charge in [0.15, 0.2) is 0 Å². The Labute approximate surface area is 124 Å². The van der Waals surface area contributed by atoms with Crippen molar-refractivity contribution in [3.05, 3.63) is 74.3 Å². The third kappa shape index (κ3) is 3.06. The molecule has 0 aliphatic heterocycles. The van der Waals surface area contributed by atoms with Crippen LogP contribution in [-0.2, 0) is 0 Å². The number of amides is 1. The lowest BCUT2D eigenvalue weighted by Crippen LogP contribution is -2.26. The monoisotopic (exact) mass is 301 g/mol. The Morgan fingerprint density at radius 2 is 1.27 bits per heavy atom. The molecule has 2 rings (SSSR count). The van der Waals surface area contributed by atoms with Crippen molar-refractivity contribution in [3.8, 4) is 0 Å². The van der Waals surface area contributed by atoms with Crippen molar-refractivity contribution < 1.29 is 14.6 Å². The van der Waals surface area contributed by atoms with Gasteiger partial charge in [0.2, 0.25) is 0 Å². The summed E-state index contributed by atoms with van der Waals surface area (Å²) in [6.07, 6.45) is 0. The highest BCUT2D eigenvalue weighted by molar-refractivity contribution is 6.05. The molecule has 0 spiro atoms. The zero-order valence-corrected chi connectivity index (χ0v) is 11.5. The van der Waals surface area contributed by atoms with Crippen LogP contribution in [0.4, 0.5) is 17.1 Å². The lowest BCUT2D eigenvalue weighted by molar-refractivity contribution is -0.385. The molecule has 0 saturated heterocycles. The first-order valence-corrected chi connectivity index (χ1v) is 6.17. The van der Waals surface area contributed by atoms with E-state index in [1.165, 1.54) is 60.5 Å². The molecule has 2 aromatic carbocycles. The van der Waals surface area contributed by atoms with Crippen molar-refractivity contribution in [1.82, 2.24) is 0 Å². The van der Waals surface area contributed by atoms with Crippen LogP contribution >= 0.6 is 0 Å². The van der Waals surface area contributed by atoms with Crippen LogP contribution in [0, 0.1) is 20.2 Å². The fourth-order valence-corrected chi connectivity index (χ4v) is 1.83. The van der Waals surface area contributed by atoms with Crippen LogP contribution in [0.25, 0.3) is 0 Å². The van der Waals surface area contributed by atoms with E-state index in [1.807, 2.05) is 0 Å². The molecule has 0 radical (unpaired) electrons. The van der Waals surface area contributed by atoms with E-state index in [2.05, 4.69) is 0 Å². The van der Waals surface area contributed by atoms with E-state index in [0.29, 0.717) is 5.69 Å². The van der Waals surface area contributed by atoms with Crippen molar-refractivity contribution >= 4 is 23.0 Å². The summed E-state index contributed by atoms with van der Waals surface area (Å²) in [7, 11) is 1.52. The fourth-order valence-electron chi connectivity index (χ4n) is 1.83. The molecule has 22 heavy (non-hydrogen) atoms. The van der Waals surface area contributed by atoms with E-state index < -0.39 is 9.85 Å². The molecule has 8 nitrogen and oxygen atoms in total. The Bertz CT molecular complexity index is 725. The molecule has 0 aromatic heterocycles. The van der Waals surface area contributed by atoms with Gasteiger partial charge in [-0.1, -0.05) is 0 Å². The second kappa shape index (κ2) is 6.00. The molecule has 0 heterocycles. The molecule has 0 saturated carbocycles. The van der Waals surface area contributed by atoms with Crippen LogP contribution in [0.3, 0.4) is 0 Å². The molecule has 0 atom stereocenters. The smallest absolute Gasteiger partial charge is 0.269 e. The van der Waals surface area contributed by atoms with Gasteiger partial charge in [-0.2, -0.15) is 0 Å². The second-order valence-corrected chi connectivity index (χ2v) is 4.44. The zero-order valence-electron chi connectivity index (χ0n) is 11.5. The minimum atomic E-state index is -0.547. The van der Waals surface area contributed by atoms with Crippen LogP contribution in [0.2, 0.25) is 0 Å². The van der Waals surface area contributed by atoms with Crippen LogP contribution in [0.1, 0.15) is 10.4 Å². The van der Waals surface area contributed by atoms with Gasteiger partial charge in [0.1, 0.15) is 0 Å². The van der Waals surface area contributed by atoms with Gasteiger partial charge < -0.3 is 4.90 Å². The first kappa shape index (κ1) is 15.1. The molecule has 1 amide bonds. The van der Waals surface area contributed by atoms with Crippen LogP contribution in [-0.4, -0.2) is 22.8 Å². The molecule has 0 unspecified atom stereocenters. The van der Waals surface area contributed by atoms with E-state index in [0.717, 1.165) is 0 Å². The SMILES string of the molecule is CN(C(=O)c1ccc([N+](=O)[O-])cc1)c1ccc([N+](=O)[O-])cc1. The maximum absolute atomic E-state index is 12.3. The Morgan fingerprint density at radius 1 is 0.864 bits per heavy atom. The number of rotatable bonds is 4. The summed E-state index contributed by atoms with van der Waals surface area (Å²) in [6.45, 7) is 0. The number of nitrogens with zero attached hydrogens (tertiary/aromatic N) is 3. The Kier molecular flexibility index (Phi) is 4.12. The van der Waals surface area contributed by atoms with Gasteiger partial charge in [0, 0.05) is 42.6 Å². The molecule has 2 aromatic rings. The topological polar surface area (TPSA) is 107 Å². The lowest BCUT2D eigenvalue weighted by atomic mass is 10.1. The lowest BCUT2D eigenvalue weighted by Gasteiger charge is -2.17. The third-order valence-corrected chi connectivity index (χ3v) is 3.08. The molecule has 0 N–H and O–H groups in total. The number of carbonyl (C=O) groups is 1. The summed E-state index contributed by atoms with van der Waals surface area (Å²) >= 11 is 0. The van der Waals surface area contributed by atoms with E-state index in [1.54, 1.807) is 0 Å². The standard InChI is InChI=1S/C14H11N3O5/c1-15(11-6-8-13(9-7-11)17(21)22)14(18)10-2-4-12(5-3-10)16(19)20/h2-9H,1H3. The number of carbonyl (C=O) groups excluding carboxylic acids is 1. The Balaban J connectivity index is 2.20. The maximum atomic E-state index is 12.3. The molecule has 8 heteroatoms. The molecular formula is C14H11N3O5. The van der Waals surface area contributed by atoms with Gasteiger partial charge in [-0.25, -0.2) is 0 Å². The first-order valence-electron chi connectivity index (χ1n) is 6.17. The van der Waals surface area contributed by atoms with Gasteiger partial charge in [-0.05, 0) is 24.3 Å². The summed E-state index contributed by atoms with van der Waals surface area (Å²) in [6, 6.07) is 10.7. The van der Waals surface area contributed by atoms with Gasteiger partial charge in [0.25, 0.3) is 17.3 Å². The number of hydrogen-bond acceptors (Lipinski definition) is 5. The number of benzene rings is 2. The van der Waals surface area contributed by atoms with Gasteiger partial charge in [-0.3, -0.25) is 25.0 Å². The minimum absolute atomic E-state index is 0.0695. The van der Waals surface area contributed by atoms with E-state index in [4.69, 9.17) is 0 Å². The fraction of sp³-hybridized carbons (Fsp3) is 0.0714. The number of anilines is 1. The maximum Gasteiger partial charge on any atom is 0.269 e. The summed E-state index contributed by atoms with van der Waals surface area (Å²) in [5.41, 5.74) is 0.592. The number of non-ortho nitro benzene ring substituents is 2.